The van der Waals surface area contributed by atoms with Crippen molar-refractivity contribution in [2.45, 2.75) is 117 Å². The predicted molar refractivity (Wildman–Crippen MR) is 154 cm³/mol. The Morgan fingerprint density at radius 2 is 1.10 bits per heavy atom. The van der Waals surface area contributed by atoms with Crippen LogP contribution in [0.3, 0.4) is 0 Å². The summed E-state index contributed by atoms with van der Waals surface area (Å²) < 4.78 is 0. The maximum Gasteiger partial charge on any atom is 2.00 e. The standard InChI is InChI=1S/2C16H24O3.Ca/c2*1-2-3-4-5-6-7-8-10-13-14(16(18)19)11-9-12-15(13)17;/h2*9,11-12,17H,2-8,10H2,1H3,(H,18,19);/q;;+2/p-2. The molecule has 0 unspecified atom stereocenters. The second-order valence-electron chi connectivity index (χ2n) is 9.92. The number of aromatic carboxylic acids is 2. The van der Waals surface area contributed by atoms with Crippen molar-refractivity contribution in [2.24, 2.45) is 0 Å². The van der Waals surface area contributed by atoms with Gasteiger partial charge in [-0.3, -0.25) is 0 Å². The molecule has 0 spiro atoms. The van der Waals surface area contributed by atoms with E-state index in [1.807, 2.05) is 0 Å². The molecule has 0 aliphatic rings. The fraction of sp³-hybridized carbons (Fsp3) is 0.562. The molecule has 0 fully saturated rings. The van der Waals surface area contributed by atoms with Gasteiger partial charge in [0, 0.05) is 5.56 Å². The maximum atomic E-state index is 11.7. The van der Waals surface area contributed by atoms with Crippen LogP contribution in [0.4, 0.5) is 0 Å². The Labute approximate surface area is 264 Å². The molecule has 2 rings (SSSR count). The summed E-state index contributed by atoms with van der Waals surface area (Å²) in [6.45, 7) is 4.39. The van der Waals surface area contributed by atoms with Gasteiger partial charge in [0.1, 0.15) is 5.75 Å². The molecule has 6 nitrogen and oxygen atoms in total. The number of aromatic hydroxyl groups is 1. The molecule has 2 aromatic carbocycles. The maximum absolute atomic E-state index is 11.7. The minimum Gasteiger partial charge on any atom is -0.872 e. The monoisotopic (exact) mass is 566 g/mol. The van der Waals surface area contributed by atoms with Gasteiger partial charge in [-0.15, -0.1) is 5.75 Å². The number of phenolic OH excluding ortho intramolecular Hbond substituents is 1. The fourth-order valence-electron chi connectivity index (χ4n) is 4.57. The zero-order valence-corrected chi connectivity index (χ0v) is 26.2. The first-order valence-electron chi connectivity index (χ1n) is 14.4. The molecule has 2 aromatic rings. The number of unbranched alkanes of at least 4 members (excludes halogenated alkanes) is 12. The number of phenols is 1. The summed E-state index contributed by atoms with van der Waals surface area (Å²) in [5, 5.41) is 41.4. The van der Waals surface area contributed by atoms with Crippen molar-refractivity contribution in [1.29, 1.82) is 0 Å². The molecule has 0 heterocycles. The van der Waals surface area contributed by atoms with Gasteiger partial charge in [0.25, 0.3) is 0 Å². The smallest absolute Gasteiger partial charge is 0.872 e. The van der Waals surface area contributed by atoms with E-state index in [-0.39, 0.29) is 60.4 Å². The van der Waals surface area contributed by atoms with Crippen molar-refractivity contribution < 1.29 is 30.0 Å². The summed E-state index contributed by atoms with van der Waals surface area (Å²) in [6.07, 6.45) is 17.5. The first-order valence-corrected chi connectivity index (χ1v) is 14.4. The molecule has 7 heteroatoms. The number of hydrogen-bond donors (Lipinski definition) is 2. The molecule has 212 valence electrons. The van der Waals surface area contributed by atoms with Gasteiger partial charge in [-0.25, -0.2) is 4.79 Å². The van der Waals surface area contributed by atoms with E-state index < -0.39 is 11.9 Å². The van der Waals surface area contributed by atoms with Crippen LogP contribution in [0.2, 0.25) is 0 Å². The van der Waals surface area contributed by atoms with E-state index in [0.717, 1.165) is 32.1 Å². The zero-order valence-electron chi connectivity index (χ0n) is 24.0. The predicted octanol–water partition coefficient (Wildman–Crippen LogP) is 6.42. The molecule has 0 radical (unpaired) electrons. The van der Waals surface area contributed by atoms with Crippen molar-refractivity contribution in [3.05, 3.63) is 58.7 Å². The first-order chi connectivity index (χ1) is 18.3. The van der Waals surface area contributed by atoms with Crippen LogP contribution in [-0.4, -0.2) is 59.9 Å². The van der Waals surface area contributed by atoms with Crippen LogP contribution in [0.25, 0.3) is 0 Å². The quantitative estimate of drug-likeness (QED) is 0.159. The first kappa shape index (κ1) is 37.2. The summed E-state index contributed by atoms with van der Waals surface area (Å²) in [7, 11) is 0. The van der Waals surface area contributed by atoms with E-state index in [1.54, 1.807) is 18.2 Å². The van der Waals surface area contributed by atoms with Gasteiger partial charge in [-0.2, -0.15) is 0 Å². The third-order valence-electron chi connectivity index (χ3n) is 6.80. The molecular weight excluding hydrogens is 520 g/mol. The second kappa shape index (κ2) is 23.0. The Hall–Kier alpha value is -1.76. The number of hydrogen-bond acceptors (Lipinski definition) is 5. The van der Waals surface area contributed by atoms with Gasteiger partial charge in [0.15, 0.2) is 0 Å². The van der Waals surface area contributed by atoms with Crippen LogP contribution in [-0.2, 0) is 12.8 Å². The van der Waals surface area contributed by atoms with Crippen LogP contribution < -0.4 is 10.2 Å². The van der Waals surface area contributed by atoms with Crippen molar-refractivity contribution in [3.63, 3.8) is 0 Å². The SMILES string of the molecule is CCCCCCCCCc1c(O)cccc1C(=O)O.CCCCCCCCCc1c([O-])cccc1C(=O)[O-].[Ca+2]. The Morgan fingerprint density at radius 1 is 0.667 bits per heavy atom. The van der Waals surface area contributed by atoms with Gasteiger partial charge in [-0.1, -0.05) is 115 Å². The van der Waals surface area contributed by atoms with Gasteiger partial charge in [-0.05, 0) is 48.9 Å². The van der Waals surface area contributed by atoms with E-state index in [9.17, 15) is 24.9 Å². The number of benzene rings is 2. The largest absolute Gasteiger partial charge is 2.00 e. The molecule has 0 aliphatic carbocycles. The molecular formula is C32H46CaO6. The number of rotatable bonds is 18. The molecule has 0 aromatic heterocycles. The Balaban J connectivity index is 0.000000722. The van der Waals surface area contributed by atoms with Crippen LogP contribution in [0.1, 0.15) is 136 Å². The van der Waals surface area contributed by atoms with E-state index >= 15 is 0 Å². The summed E-state index contributed by atoms with van der Waals surface area (Å²) >= 11 is 0. The van der Waals surface area contributed by atoms with Crippen LogP contribution in [0.5, 0.6) is 11.5 Å². The molecule has 0 saturated carbocycles. The van der Waals surface area contributed by atoms with Crippen LogP contribution in [0.15, 0.2) is 36.4 Å². The topological polar surface area (TPSA) is 121 Å². The average molecular weight is 567 g/mol. The summed E-state index contributed by atoms with van der Waals surface area (Å²) in [6, 6.07) is 9.03. The summed E-state index contributed by atoms with van der Waals surface area (Å²) in [5.74, 6) is -2.30. The number of carbonyl (C=O) groups excluding carboxylic acids is 1. The minimum absolute atomic E-state index is 0. The molecule has 2 N–H and O–H groups in total. The Bertz CT molecular complexity index is 882. The van der Waals surface area contributed by atoms with Crippen molar-refractivity contribution in [3.8, 4) is 11.5 Å². The molecule has 0 amide bonds. The van der Waals surface area contributed by atoms with Gasteiger partial charge in [0.2, 0.25) is 0 Å². The van der Waals surface area contributed by atoms with E-state index in [2.05, 4.69) is 13.8 Å². The minimum atomic E-state index is -1.25. The van der Waals surface area contributed by atoms with Crippen molar-refractivity contribution >= 4 is 49.7 Å². The van der Waals surface area contributed by atoms with Crippen LogP contribution >= 0.6 is 0 Å². The van der Waals surface area contributed by atoms with E-state index in [1.165, 1.54) is 76.0 Å². The summed E-state index contributed by atoms with van der Waals surface area (Å²) in [5.41, 5.74) is 1.25. The van der Waals surface area contributed by atoms with Gasteiger partial charge in [0.05, 0.1) is 11.5 Å². The normalized spacial score (nSPS) is 10.3. The molecule has 0 bridgehead atoms. The third-order valence-corrected chi connectivity index (χ3v) is 6.80. The molecule has 0 saturated heterocycles. The fourth-order valence-corrected chi connectivity index (χ4v) is 4.57. The van der Waals surface area contributed by atoms with E-state index in [4.69, 9.17) is 5.11 Å². The molecule has 39 heavy (non-hydrogen) atoms. The van der Waals surface area contributed by atoms with E-state index in [0.29, 0.717) is 24.0 Å². The Morgan fingerprint density at radius 3 is 1.59 bits per heavy atom. The zero-order chi connectivity index (χ0) is 28.2. The summed E-state index contributed by atoms with van der Waals surface area (Å²) in [4.78, 5) is 22.0. The van der Waals surface area contributed by atoms with Gasteiger partial charge >= 0.3 is 43.7 Å². The molecule has 0 atom stereocenters. The third kappa shape index (κ3) is 15.6. The second-order valence-corrected chi connectivity index (χ2v) is 9.92. The van der Waals surface area contributed by atoms with Crippen LogP contribution in [0, 0.1) is 0 Å². The number of carbonyl (C=O) groups is 2. The molecule has 0 aliphatic heterocycles. The van der Waals surface area contributed by atoms with Crippen molar-refractivity contribution in [2.75, 3.05) is 0 Å². The number of carboxylic acids is 2. The van der Waals surface area contributed by atoms with Gasteiger partial charge < -0.3 is 25.2 Å². The van der Waals surface area contributed by atoms with Crippen molar-refractivity contribution in [1.82, 2.24) is 0 Å². The Kier molecular flexibility index (Phi) is 22.0. The number of carboxylic acid groups (broad SMARTS) is 2. The average Bonchev–Trinajstić information content (AvgIpc) is 2.89.